The number of rotatable bonds is 1. The number of halogens is 1. The van der Waals surface area contributed by atoms with E-state index in [1.54, 1.807) is 0 Å². The summed E-state index contributed by atoms with van der Waals surface area (Å²) in [6, 6.07) is 8.51. The van der Waals surface area contributed by atoms with E-state index in [1.165, 1.54) is 22.9 Å². The maximum Gasteiger partial charge on any atom is 0.187 e. The van der Waals surface area contributed by atoms with Crippen molar-refractivity contribution in [1.82, 2.24) is 8.75 Å². The van der Waals surface area contributed by atoms with Crippen LogP contribution >= 0.6 is 23.3 Å². The molecule has 3 rings (SSSR count). The normalized spacial score (nSPS) is 14.9. The third-order valence-electron chi connectivity index (χ3n) is 2.86. The molecule has 0 radical (unpaired) electrons. The molecule has 1 aliphatic rings. The zero-order valence-electron chi connectivity index (χ0n) is 8.56. The fourth-order valence-electron chi connectivity index (χ4n) is 2.04. The summed E-state index contributed by atoms with van der Waals surface area (Å²) in [5.74, 6) is 0.821. The van der Waals surface area contributed by atoms with Gasteiger partial charge in [0.2, 0.25) is 0 Å². The van der Waals surface area contributed by atoms with Crippen molar-refractivity contribution in [2.24, 2.45) is 0 Å². The molecule has 0 fully saturated rings. The Morgan fingerprint density at radius 3 is 2.75 bits per heavy atom. The number of fused-ring (bicyclic) bond motifs is 1. The molecule has 0 amide bonds. The molecular formula is C11H10ClN3S. The van der Waals surface area contributed by atoms with Gasteiger partial charge in [-0.3, -0.25) is 0 Å². The van der Waals surface area contributed by atoms with E-state index in [9.17, 15) is 0 Å². The standard InChI is InChI=1S/C11H10ClN3S/c12-10-11(14-16-13-10)15-6-5-8-3-1-2-4-9(8)7-15/h1-4H,5-7H2. The van der Waals surface area contributed by atoms with E-state index in [0.717, 1.165) is 25.3 Å². The van der Waals surface area contributed by atoms with Crippen LogP contribution < -0.4 is 4.90 Å². The fourth-order valence-corrected chi connectivity index (χ4v) is 2.82. The zero-order valence-corrected chi connectivity index (χ0v) is 10.1. The van der Waals surface area contributed by atoms with Gasteiger partial charge in [-0.15, -0.1) is 0 Å². The van der Waals surface area contributed by atoms with E-state index in [4.69, 9.17) is 11.6 Å². The minimum Gasteiger partial charge on any atom is -0.348 e. The van der Waals surface area contributed by atoms with Crippen LogP contribution in [0, 0.1) is 0 Å². The summed E-state index contributed by atoms with van der Waals surface area (Å²) in [6.45, 7) is 1.84. The first-order valence-electron chi connectivity index (χ1n) is 5.14. The Labute approximate surface area is 103 Å². The Balaban J connectivity index is 1.91. The first-order chi connectivity index (χ1) is 7.84. The number of anilines is 1. The molecule has 5 heteroatoms. The second kappa shape index (κ2) is 4.03. The van der Waals surface area contributed by atoms with Crippen LogP contribution in [0.4, 0.5) is 5.82 Å². The van der Waals surface area contributed by atoms with Crippen molar-refractivity contribution in [2.75, 3.05) is 11.4 Å². The molecule has 0 saturated carbocycles. The molecule has 0 N–H and O–H groups in total. The van der Waals surface area contributed by atoms with Crippen molar-refractivity contribution >= 4 is 29.1 Å². The van der Waals surface area contributed by atoms with E-state index in [-0.39, 0.29) is 0 Å². The Morgan fingerprint density at radius 2 is 2.00 bits per heavy atom. The molecule has 0 saturated heterocycles. The van der Waals surface area contributed by atoms with Crippen LogP contribution in [0.25, 0.3) is 0 Å². The Hall–Kier alpha value is -1.13. The van der Waals surface area contributed by atoms with Gasteiger partial charge in [0.25, 0.3) is 0 Å². The van der Waals surface area contributed by atoms with Crippen molar-refractivity contribution in [3.8, 4) is 0 Å². The second-order valence-electron chi connectivity index (χ2n) is 3.82. The van der Waals surface area contributed by atoms with Gasteiger partial charge in [-0.1, -0.05) is 35.9 Å². The summed E-state index contributed by atoms with van der Waals surface area (Å²) in [7, 11) is 0. The zero-order chi connectivity index (χ0) is 11.0. The summed E-state index contributed by atoms with van der Waals surface area (Å²) in [6.07, 6.45) is 1.05. The Bertz CT molecular complexity index is 511. The highest BCUT2D eigenvalue weighted by atomic mass is 35.5. The molecular weight excluding hydrogens is 242 g/mol. The maximum atomic E-state index is 6.00. The highest BCUT2D eigenvalue weighted by molar-refractivity contribution is 6.99. The van der Waals surface area contributed by atoms with Crippen LogP contribution in [0.3, 0.4) is 0 Å². The quantitative estimate of drug-likeness (QED) is 0.781. The van der Waals surface area contributed by atoms with E-state index >= 15 is 0 Å². The molecule has 2 aromatic rings. The lowest BCUT2D eigenvalue weighted by Gasteiger charge is -2.28. The molecule has 0 bridgehead atoms. The molecule has 0 aliphatic carbocycles. The predicted molar refractivity (Wildman–Crippen MR) is 66.1 cm³/mol. The SMILES string of the molecule is Clc1nsnc1N1CCc2ccccc2C1. The molecule has 2 heterocycles. The third-order valence-corrected chi connectivity index (χ3v) is 3.74. The fraction of sp³-hybridized carbons (Fsp3) is 0.273. The minimum atomic E-state index is 0.518. The van der Waals surface area contributed by atoms with E-state index in [1.807, 2.05) is 0 Å². The van der Waals surface area contributed by atoms with Gasteiger partial charge in [0.05, 0.1) is 11.7 Å². The molecule has 1 aliphatic heterocycles. The van der Waals surface area contributed by atoms with E-state index in [0.29, 0.717) is 5.15 Å². The number of hydrogen-bond acceptors (Lipinski definition) is 4. The third kappa shape index (κ3) is 1.68. The minimum absolute atomic E-state index is 0.518. The van der Waals surface area contributed by atoms with Crippen LogP contribution in [0.15, 0.2) is 24.3 Å². The van der Waals surface area contributed by atoms with Gasteiger partial charge in [-0.05, 0) is 17.5 Å². The van der Waals surface area contributed by atoms with Gasteiger partial charge in [-0.2, -0.15) is 8.75 Å². The molecule has 1 aromatic heterocycles. The monoisotopic (exact) mass is 251 g/mol. The summed E-state index contributed by atoms with van der Waals surface area (Å²) in [4.78, 5) is 2.19. The first kappa shape index (κ1) is 10.1. The number of aromatic nitrogens is 2. The van der Waals surface area contributed by atoms with Crippen molar-refractivity contribution in [1.29, 1.82) is 0 Å². The second-order valence-corrected chi connectivity index (χ2v) is 4.71. The van der Waals surface area contributed by atoms with Crippen LogP contribution in [0.2, 0.25) is 5.15 Å². The largest absolute Gasteiger partial charge is 0.348 e. The van der Waals surface area contributed by atoms with Gasteiger partial charge in [-0.25, -0.2) is 0 Å². The first-order valence-corrected chi connectivity index (χ1v) is 6.25. The van der Waals surface area contributed by atoms with Crippen molar-refractivity contribution in [2.45, 2.75) is 13.0 Å². The predicted octanol–water partition coefficient (Wildman–Crippen LogP) is 2.75. The highest BCUT2D eigenvalue weighted by Gasteiger charge is 2.20. The number of nitrogens with zero attached hydrogens (tertiary/aromatic N) is 3. The molecule has 3 nitrogen and oxygen atoms in total. The van der Waals surface area contributed by atoms with Crippen LogP contribution in [0.5, 0.6) is 0 Å². The lowest BCUT2D eigenvalue weighted by atomic mass is 10.0. The van der Waals surface area contributed by atoms with E-state index in [2.05, 4.69) is 37.9 Å². The molecule has 0 atom stereocenters. The van der Waals surface area contributed by atoms with Crippen LogP contribution in [-0.4, -0.2) is 15.3 Å². The number of hydrogen-bond donors (Lipinski definition) is 0. The molecule has 0 unspecified atom stereocenters. The Kier molecular flexibility index (Phi) is 2.53. The molecule has 0 spiro atoms. The van der Waals surface area contributed by atoms with Crippen LogP contribution in [-0.2, 0) is 13.0 Å². The van der Waals surface area contributed by atoms with E-state index < -0.39 is 0 Å². The van der Waals surface area contributed by atoms with Crippen LogP contribution in [0.1, 0.15) is 11.1 Å². The van der Waals surface area contributed by atoms with Gasteiger partial charge < -0.3 is 4.90 Å². The average molecular weight is 252 g/mol. The summed E-state index contributed by atoms with van der Waals surface area (Å²) in [5.41, 5.74) is 2.79. The van der Waals surface area contributed by atoms with Gasteiger partial charge >= 0.3 is 0 Å². The highest BCUT2D eigenvalue weighted by Crippen LogP contribution is 2.28. The number of benzene rings is 1. The van der Waals surface area contributed by atoms with Gasteiger partial charge in [0.15, 0.2) is 11.0 Å². The van der Waals surface area contributed by atoms with Crippen molar-refractivity contribution in [3.63, 3.8) is 0 Å². The summed E-state index contributed by atoms with van der Waals surface area (Å²) < 4.78 is 8.24. The molecule has 82 valence electrons. The molecule has 1 aromatic carbocycles. The Morgan fingerprint density at radius 1 is 1.19 bits per heavy atom. The average Bonchev–Trinajstić information content (AvgIpc) is 2.75. The lowest BCUT2D eigenvalue weighted by Crippen LogP contribution is -2.30. The molecule has 16 heavy (non-hydrogen) atoms. The summed E-state index contributed by atoms with van der Waals surface area (Å²) in [5, 5.41) is 0.518. The summed E-state index contributed by atoms with van der Waals surface area (Å²) >= 11 is 7.16. The van der Waals surface area contributed by atoms with Gasteiger partial charge in [0.1, 0.15) is 0 Å². The van der Waals surface area contributed by atoms with Crippen molar-refractivity contribution in [3.05, 3.63) is 40.5 Å². The topological polar surface area (TPSA) is 29.0 Å². The van der Waals surface area contributed by atoms with Crippen molar-refractivity contribution < 1.29 is 0 Å². The lowest BCUT2D eigenvalue weighted by molar-refractivity contribution is 0.724. The van der Waals surface area contributed by atoms with Gasteiger partial charge in [0, 0.05) is 13.1 Å². The smallest absolute Gasteiger partial charge is 0.187 e. The maximum absolute atomic E-state index is 6.00.